The quantitative estimate of drug-likeness (QED) is 0.293. The van der Waals surface area contributed by atoms with Crippen LogP contribution in [0.1, 0.15) is 52.5 Å². The lowest BCUT2D eigenvalue weighted by Crippen LogP contribution is -2.29. The van der Waals surface area contributed by atoms with Gasteiger partial charge in [-0.05, 0) is 62.1 Å². The van der Waals surface area contributed by atoms with Crippen molar-refractivity contribution >= 4 is 61.3 Å². The zero-order valence-corrected chi connectivity index (χ0v) is 21.6. The molecular weight excluding hydrogens is 454 g/mol. The topological polar surface area (TPSA) is 70.0 Å². The van der Waals surface area contributed by atoms with Crippen molar-refractivity contribution in [2.75, 3.05) is 23.3 Å². The van der Waals surface area contributed by atoms with Crippen molar-refractivity contribution < 1.29 is 4.79 Å². The number of azo groups is 1. The number of aryl methyl sites for hydroxylation is 1. The summed E-state index contributed by atoms with van der Waals surface area (Å²) >= 11 is 7.50. The molecule has 0 aliphatic carbocycles. The van der Waals surface area contributed by atoms with Crippen LogP contribution >= 0.6 is 22.9 Å². The van der Waals surface area contributed by atoms with Crippen LogP contribution in [-0.4, -0.2) is 24.0 Å². The van der Waals surface area contributed by atoms with E-state index in [-0.39, 0.29) is 5.91 Å². The average molecular weight is 486 g/mol. The minimum Gasteiger partial charge on any atom is -0.371 e. The lowest BCUT2D eigenvalue weighted by Gasteiger charge is -2.29. The van der Waals surface area contributed by atoms with Crippen LogP contribution in [0.2, 0.25) is 5.02 Å². The molecule has 176 valence electrons. The molecule has 6 nitrogen and oxygen atoms in total. The van der Waals surface area contributed by atoms with Crippen LogP contribution in [0.25, 0.3) is 10.2 Å². The van der Waals surface area contributed by atoms with Crippen LogP contribution < -0.4 is 10.2 Å². The number of nitrogens with one attached hydrogen (secondary N) is 1. The van der Waals surface area contributed by atoms with Crippen LogP contribution in [-0.2, 0) is 4.79 Å². The molecule has 3 aromatic rings. The first-order valence-electron chi connectivity index (χ1n) is 11.5. The Morgan fingerprint density at radius 1 is 1.24 bits per heavy atom. The average Bonchev–Trinajstić information content (AvgIpc) is 3.17. The maximum atomic E-state index is 11.9. The van der Waals surface area contributed by atoms with Gasteiger partial charge in [-0.2, -0.15) is 0 Å². The number of benzene rings is 2. The lowest BCUT2D eigenvalue weighted by atomic mass is 10.0. The number of fused-ring (bicyclic) bond motifs is 1. The maximum absolute atomic E-state index is 11.9. The molecule has 1 N–H and O–H groups in total. The predicted molar refractivity (Wildman–Crippen MR) is 141 cm³/mol. The summed E-state index contributed by atoms with van der Waals surface area (Å²) in [4.78, 5) is 18.8. The summed E-state index contributed by atoms with van der Waals surface area (Å²) in [7, 11) is 0. The molecule has 1 atom stereocenters. The number of thiazole rings is 1. The number of nitrogens with zero attached hydrogens (tertiary/aromatic N) is 4. The fourth-order valence-electron chi connectivity index (χ4n) is 3.84. The Kier molecular flexibility index (Phi) is 8.80. The predicted octanol–water partition coefficient (Wildman–Crippen LogP) is 8.28. The number of carbonyl (C=O) groups excluding carboxylic acids is 1. The summed E-state index contributed by atoms with van der Waals surface area (Å²) in [6.45, 7) is 12.1. The number of rotatable bonds is 10. The summed E-state index contributed by atoms with van der Waals surface area (Å²) in [5, 5.41) is 12.9. The molecule has 0 saturated carbocycles. The first-order valence-corrected chi connectivity index (χ1v) is 12.6. The van der Waals surface area contributed by atoms with Gasteiger partial charge in [-0.25, -0.2) is 4.98 Å². The molecule has 0 fully saturated rings. The lowest BCUT2D eigenvalue weighted by molar-refractivity contribution is -0.114. The van der Waals surface area contributed by atoms with Gasteiger partial charge in [0.1, 0.15) is 5.69 Å². The number of unbranched alkanes of at least 4 members (excludes halogenated alkanes) is 1. The third kappa shape index (κ3) is 6.74. The van der Waals surface area contributed by atoms with Gasteiger partial charge in [0.15, 0.2) is 0 Å². The van der Waals surface area contributed by atoms with Gasteiger partial charge in [-0.15, -0.1) is 10.2 Å². The molecule has 1 heterocycles. The number of hydrogen-bond acceptors (Lipinski definition) is 6. The largest absolute Gasteiger partial charge is 0.371 e. The Labute approximate surface area is 205 Å². The fraction of sp³-hybridized carbons (Fsp3) is 0.440. The van der Waals surface area contributed by atoms with Gasteiger partial charge in [0.2, 0.25) is 11.0 Å². The van der Waals surface area contributed by atoms with E-state index in [1.165, 1.54) is 37.5 Å². The molecule has 0 radical (unpaired) electrons. The van der Waals surface area contributed by atoms with Gasteiger partial charge in [0.25, 0.3) is 0 Å². The Bertz CT molecular complexity index is 1140. The van der Waals surface area contributed by atoms with E-state index in [0.29, 0.717) is 27.4 Å². The van der Waals surface area contributed by atoms with Crippen molar-refractivity contribution in [3.05, 3.63) is 40.9 Å². The number of anilines is 2. The van der Waals surface area contributed by atoms with E-state index in [9.17, 15) is 4.79 Å². The van der Waals surface area contributed by atoms with Crippen LogP contribution in [0.15, 0.2) is 40.6 Å². The van der Waals surface area contributed by atoms with Gasteiger partial charge in [-0.3, -0.25) is 4.79 Å². The molecule has 1 amide bonds. The van der Waals surface area contributed by atoms with Gasteiger partial charge in [-0.1, -0.05) is 49.6 Å². The molecule has 2 aromatic carbocycles. The van der Waals surface area contributed by atoms with Crippen molar-refractivity contribution in [3.8, 4) is 0 Å². The summed E-state index contributed by atoms with van der Waals surface area (Å²) in [6, 6.07) is 9.54. The van der Waals surface area contributed by atoms with Crippen molar-refractivity contribution in [1.82, 2.24) is 4.98 Å². The number of halogens is 1. The van der Waals surface area contributed by atoms with E-state index >= 15 is 0 Å². The van der Waals surface area contributed by atoms with E-state index in [4.69, 9.17) is 11.6 Å². The Hall–Kier alpha value is -2.51. The van der Waals surface area contributed by atoms with E-state index in [1.807, 2.05) is 30.3 Å². The van der Waals surface area contributed by atoms with Gasteiger partial charge < -0.3 is 10.2 Å². The highest BCUT2D eigenvalue weighted by atomic mass is 35.5. The number of aromatic nitrogens is 1. The Morgan fingerprint density at radius 2 is 2.03 bits per heavy atom. The third-order valence-corrected chi connectivity index (χ3v) is 6.65. The maximum Gasteiger partial charge on any atom is 0.231 e. The standard InChI is InChI=1S/C25H32ClN5OS/c1-6-8-9-16(3)15-31(7-2)23-14-21(27-18(5)32)22(12-17(23)4)29-30-25-28-20-11-10-19(26)13-24(20)33-25/h10-14,16H,6-9,15H2,1-5H3,(H,27,32)/b30-29+. The van der Waals surface area contributed by atoms with Crippen molar-refractivity contribution in [1.29, 1.82) is 0 Å². The second-order valence-electron chi connectivity index (χ2n) is 8.43. The minimum atomic E-state index is -0.143. The van der Waals surface area contributed by atoms with Crippen molar-refractivity contribution in [2.24, 2.45) is 16.1 Å². The zero-order valence-electron chi connectivity index (χ0n) is 20.0. The molecule has 0 saturated heterocycles. The van der Waals surface area contributed by atoms with Gasteiger partial charge in [0, 0.05) is 30.7 Å². The molecular formula is C25H32ClN5OS. The Balaban J connectivity index is 1.91. The summed E-state index contributed by atoms with van der Waals surface area (Å²) in [6.07, 6.45) is 3.67. The number of carbonyl (C=O) groups is 1. The van der Waals surface area contributed by atoms with Crippen molar-refractivity contribution in [3.63, 3.8) is 0 Å². The molecule has 0 spiro atoms. The molecule has 1 aromatic heterocycles. The molecule has 0 bridgehead atoms. The molecule has 33 heavy (non-hydrogen) atoms. The minimum absolute atomic E-state index is 0.143. The molecule has 0 aliphatic rings. The van der Waals surface area contributed by atoms with Gasteiger partial charge >= 0.3 is 0 Å². The van der Waals surface area contributed by atoms with Gasteiger partial charge in [0.05, 0.1) is 15.9 Å². The van der Waals surface area contributed by atoms with Crippen LogP contribution in [0, 0.1) is 12.8 Å². The highest BCUT2D eigenvalue weighted by molar-refractivity contribution is 7.21. The van der Waals surface area contributed by atoms with E-state index in [0.717, 1.165) is 34.6 Å². The molecule has 0 aliphatic heterocycles. The first-order chi connectivity index (χ1) is 15.8. The second kappa shape index (κ2) is 11.6. The van der Waals surface area contributed by atoms with Crippen LogP contribution in [0.4, 0.5) is 22.2 Å². The zero-order chi connectivity index (χ0) is 24.0. The number of hydrogen-bond donors (Lipinski definition) is 1. The van der Waals surface area contributed by atoms with Crippen molar-refractivity contribution in [2.45, 2.75) is 53.9 Å². The van der Waals surface area contributed by atoms with Crippen LogP contribution in [0.5, 0.6) is 0 Å². The normalized spacial score (nSPS) is 12.4. The summed E-state index contributed by atoms with van der Waals surface area (Å²) in [5.74, 6) is 0.454. The molecule has 1 unspecified atom stereocenters. The summed E-state index contributed by atoms with van der Waals surface area (Å²) in [5.41, 5.74) is 4.30. The SMILES string of the molecule is CCCCC(C)CN(CC)c1cc(NC(C)=O)c(/N=N/c2nc3ccc(Cl)cc3s2)cc1C. The number of amides is 1. The third-order valence-electron chi connectivity index (χ3n) is 5.51. The first kappa shape index (κ1) is 25.1. The highest BCUT2D eigenvalue weighted by Crippen LogP contribution is 2.36. The monoisotopic (exact) mass is 485 g/mol. The van der Waals surface area contributed by atoms with Crippen LogP contribution in [0.3, 0.4) is 0 Å². The van der Waals surface area contributed by atoms with E-state index in [2.05, 4.69) is 53.1 Å². The molecule has 8 heteroatoms. The molecule has 3 rings (SSSR count). The Morgan fingerprint density at radius 3 is 2.73 bits per heavy atom. The summed E-state index contributed by atoms with van der Waals surface area (Å²) < 4.78 is 0.959. The van der Waals surface area contributed by atoms with E-state index in [1.54, 1.807) is 0 Å². The van der Waals surface area contributed by atoms with E-state index < -0.39 is 0 Å². The highest BCUT2D eigenvalue weighted by Gasteiger charge is 2.16. The smallest absolute Gasteiger partial charge is 0.231 e. The second-order valence-corrected chi connectivity index (χ2v) is 9.88. The fourth-order valence-corrected chi connectivity index (χ4v) is 4.90.